The second kappa shape index (κ2) is 6.13. The summed E-state index contributed by atoms with van der Waals surface area (Å²) in [5, 5.41) is 5.99. The summed E-state index contributed by atoms with van der Waals surface area (Å²) in [6.07, 6.45) is 0. The molecule has 26 heavy (non-hydrogen) atoms. The van der Waals surface area contributed by atoms with Crippen LogP contribution >= 0.6 is 0 Å². The van der Waals surface area contributed by atoms with Crippen LogP contribution in [-0.2, 0) is 14.6 Å². The third-order valence-corrected chi connectivity index (χ3v) is 6.76. The van der Waals surface area contributed by atoms with Gasteiger partial charge in [0.1, 0.15) is 5.75 Å². The largest absolute Gasteiger partial charge is 0.481 e. The maximum Gasteiger partial charge on any atom is 0.322 e. The molecular formula is C16H20N4O5S. The number of benzene rings is 1. The molecule has 3 aliphatic heterocycles. The van der Waals surface area contributed by atoms with Crippen molar-refractivity contribution in [3.8, 4) is 5.75 Å². The van der Waals surface area contributed by atoms with Crippen molar-refractivity contribution in [3.63, 3.8) is 0 Å². The minimum atomic E-state index is -3.13. The predicted octanol–water partition coefficient (Wildman–Crippen LogP) is -0.355. The number of anilines is 2. The molecule has 0 saturated carbocycles. The topological polar surface area (TPSA) is 108 Å². The standard InChI is InChI=1S/C16H20N4O5S/c1-19-12-3-2-10(6-14(12)25-7-15(19)21)18-16(22)20-5-4-17-11-8-26(23,24)9-13(11)20/h2-3,6,11,13,17H,4-5,7-9H2,1H3,(H,18,22)/t11-,13+/m1/s1. The van der Waals surface area contributed by atoms with Crippen molar-refractivity contribution in [1.82, 2.24) is 10.2 Å². The normalized spacial score (nSPS) is 26.7. The van der Waals surface area contributed by atoms with E-state index in [9.17, 15) is 18.0 Å². The Balaban J connectivity index is 1.51. The van der Waals surface area contributed by atoms with Gasteiger partial charge in [0, 0.05) is 37.9 Å². The molecule has 2 fully saturated rings. The number of piperazine rings is 1. The van der Waals surface area contributed by atoms with Gasteiger partial charge < -0.3 is 25.2 Å². The molecule has 0 radical (unpaired) electrons. The first-order valence-electron chi connectivity index (χ1n) is 8.39. The van der Waals surface area contributed by atoms with E-state index in [4.69, 9.17) is 4.74 Å². The highest BCUT2D eigenvalue weighted by Gasteiger charge is 2.44. The van der Waals surface area contributed by atoms with Gasteiger partial charge in [-0.05, 0) is 12.1 Å². The average molecular weight is 380 g/mol. The van der Waals surface area contributed by atoms with Crippen LogP contribution in [0.2, 0.25) is 0 Å². The number of carbonyl (C=O) groups excluding carboxylic acids is 2. The summed E-state index contributed by atoms with van der Waals surface area (Å²) in [6.45, 7) is 0.964. The van der Waals surface area contributed by atoms with Crippen LogP contribution in [0.5, 0.6) is 5.75 Å². The second-order valence-corrected chi connectivity index (χ2v) is 8.91. The van der Waals surface area contributed by atoms with Crippen molar-refractivity contribution < 1.29 is 22.7 Å². The number of fused-ring (bicyclic) bond motifs is 2. The quantitative estimate of drug-likeness (QED) is 0.689. The van der Waals surface area contributed by atoms with Gasteiger partial charge in [0.05, 0.1) is 23.2 Å². The summed E-state index contributed by atoms with van der Waals surface area (Å²) in [6, 6.07) is 4.17. The van der Waals surface area contributed by atoms with Gasteiger partial charge >= 0.3 is 6.03 Å². The molecule has 0 unspecified atom stereocenters. The minimum Gasteiger partial charge on any atom is -0.481 e. The molecule has 4 rings (SSSR count). The van der Waals surface area contributed by atoms with E-state index in [0.717, 1.165) is 0 Å². The van der Waals surface area contributed by atoms with Gasteiger partial charge in [-0.2, -0.15) is 0 Å². The molecule has 140 valence electrons. The molecule has 0 bridgehead atoms. The summed E-state index contributed by atoms with van der Waals surface area (Å²) < 4.78 is 29.2. The van der Waals surface area contributed by atoms with Crippen LogP contribution in [0, 0.1) is 0 Å². The number of hydrogen-bond donors (Lipinski definition) is 2. The molecule has 0 aromatic heterocycles. The van der Waals surface area contributed by atoms with E-state index in [-0.39, 0.29) is 42.1 Å². The van der Waals surface area contributed by atoms with Gasteiger partial charge in [-0.15, -0.1) is 0 Å². The van der Waals surface area contributed by atoms with E-state index in [1.807, 2.05) is 0 Å². The van der Waals surface area contributed by atoms with Crippen LogP contribution in [0.4, 0.5) is 16.2 Å². The highest BCUT2D eigenvalue weighted by molar-refractivity contribution is 7.91. The smallest absolute Gasteiger partial charge is 0.322 e. The lowest BCUT2D eigenvalue weighted by Gasteiger charge is -2.37. The van der Waals surface area contributed by atoms with E-state index in [1.165, 1.54) is 4.90 Å². The Kier molecular flexibility index (Phi) is 4.03. The number of sulfone groups is 1. The number of carbonyl (C=O) groups is 2. The van der Waals surface area contributed by atoms with Crippen molar-refractivity contribution in [1.29, 1.82) is 0 Å². The zero-order valence-corrected chi connectivity index (χ0v) is 15.1. The Bertz CT molecular complexity index is 871. The minimum absolute atomic E-state index is 0.0156. The number of amides is 3. The number of nitrogens with one attached hydrogen (secondary N) is 2. The summed E-state index contributed by atoms with van der Waals surface area (Å²) in [7, 11) is -1.46. The fourth-order valence-electron chi connectivity index (χ4n) is 3.67. The first kappa shape index (κ1) is 17.1. The summed E-state index contributed by atoms with van der Waals surface area (Å²) in [5.41, 5.74) is 1.18. The average Bonchev–Trinajstić information content (AvgIpc) is 2.91. The van der Waals surface area contributed by atoms with E-state index >= 15 is 0 Å². The predicted molar refractivity (Wildman–Crippen MR) is 95.3 cm³/mol. The summed E-state index contributed by atoms with van der Waals surface area (Å²) >= 11 is 0. The molecule has 2 N–H and O–H groups in total. The number of ether oxygens (including phenoxy) is 1. The number of likely N-dealkylation sites (N-methyl/N-ethyl adjacent to an activating group) is 1. The van der Waals surface area contributed by atoms with Crippen molar-refractivity contribution in [2.75, 3.05) is 48.5 Å². The SMILES string of the molecule is CN1C(=O)COc2cc(NC(=O)N3CCN[C@@H]4CS(=O)(=O)C[C@@H]43)ccc21. The second-order valence-electron chi connectivity index (χ2n) is 6.75. The van der Waals surface area contributed by atoms with E-state index in [2.05, 4.69) is 10.6 Å². The van der Waals surface area contributed by atoms with Crippen LogP contribution in [0.1, 0.15) is 0 Å². The Morgan fingerprint density at radius 3 is 2.96 bits per heavy atom. The molecule has 0 aliphatic carbocycles. The highest BCUT2D eigenvalue weighted by Crippen LogP contribution is 2.34. The zero-order chi connectivity index (χ0) is 18.5. The highest BCUT2D eigenvalue weighted by atomic mass is 32.2. The van der Waals surface area contributed by atoms with Crippen LogP contribution in [0.3, 0.4) is 0 Å². The fraction of sp³-hybridized carbons (Fsp3) is 0.500. The maximum absolute atomic E-state index is 12.7. The van der Waals surface area contributed by atoms with Crippen LogP contribution < -0.4 is 20.3 Å². The lowest BCUT2D eigenvalue weighted by Crippen LogP contribution is -2.59. The number of rotatable bonds is 1. The first-order chi connectivity index (χ1) is 12.3. The Morgan fingerprint density at radius 1 is 1.35 bits per heavy atom. The molecule has 2 saturated heterocycles. The van der Waals surface area contributed by atoms with E-state index < -0.39 is 9.84 Å². The van der Waals surface area contributed by atoms with Crippen molar-refractivity contribution in [2.45, 2.75) is 12.1 Å². The lowest BCUT2D eigenvalue weighted by atomic mass is 10.1. The third kappa shape index (κ3) is 2.99. The van der Waals surface area contributed by atoms with Crippen LogP contribution in [0.15, 0.2) is 18.2 Å². The molecular weight excluding hydrogens is 360 g/mol. The molecule has 1 aromatic rings. The summed E-state index contributed by atoms with van der Waals surface area (Å²) in [4.78, 5) is 27.4. The van der Waals surface area contributed by atoms with Crippen LogP contribution in [-0.4, -0.2) is 75.6 Å². The van der Waals surface area contributed by atoms with Crippen molar-refractivity contribution in [2.24, 2.45) is 0 Å². The van der Waals surface area contributed by atoms with Gasteiger partial charge in [-0.1, -0.05) is 0 Å². The molecule has 9 nitrogen and oxygen atoms in total. The fourth-order valence-corrected chi connectivity index (χ4v) is 5.63. The van der Waals surface area contributed by atoms with Gasteiger partial charge in [0.15, 0.2) is 16.4 Å². The first-order valence-corrected chi connectivity index (χ1v) is 10.2. The third-order valence-electron chi connectivity index (χ3n) is 5.04. The van der Waals surface area contributed by atoms with Gasteiger partial charge in [-0.3, -0.25) is 4.79 Å². The van der Waals surface area contributed by atoms with Gasteiger partial charge in [0.25, 0.3) is 5.91 Å². The molecule has 10 heteroatoms. The van der Waals surface area contributed by atoms with Crippen molar-refractivity contribution in [3.05, 3.63) is 18.2 Å². The van der Waals surface area contributed by atoms with Gasteiger partial charge in [0.2, 0.25) is 0 Å². The molecule has 1 aromatic carbocycles. The molecule has 3 heterocycles. The molecule has 0 spiro atoms. The van der Waals surface area contributed by atoms with E-state index in [0.29, 0.717) is 30.2 Å². The zero-order valence-electron chi connectivity index (χ0n) is 14.3. The maximum atomic E-state index is 12.7. The summed E-state index contributed by atoms with van der Waals surface area (Å²) in [5.74, 6) is 0.433. The number of hydrogen-bond acceptors (Lipinski definition) is 6. The Morgan fingerprint density at radius 2 is 2.15 bits per heavy atom. The number of nitrogens with zero attached hydrogens (tertiary/aromatic N) is 2. The lowest BCUT2D eigenvalue weighted by molar-refractivity contribution is -0.120. The molecule has 3 amide bonds. The van der Waals surface area contributed by atoms with Gasteiger partial charge in [-0.25, -0.2) is 13.2 Å². The molecule has 3 aliphatic rings. The number of urea groups is 1. The van der Waals surface area contributed by atoms with E-state index in [1.54, 1.807) is 30.1 Å². The Hall–Kier alpha value is -2.33. The Labute approximate surface area is 151 Å². The van der Waals surface area contributed by atoms with Crippen molar-refractivity contribution >= 4 is 33.2 Å². The molecule has 2 atom stereocenters. The van der Waals surface area contributed by atoms with Crippen LogP contribution in [0.25, 0.3) is 0 Å². The monoisotopic (exact) mass is 380 g/mol.